The SMILES string of the molecule is CCC/C=C\C/C=C\CCCCCCCC(=O)NC(COP(=O)(O)OCCN)C(O)/C=C/CCCCCCCCCCCCCC. The molecule has 0 aromatic carbocycles. The summed E-state index contributed by atoms with van der Waals surface area (Å²) in [4.78, 5) is 22.6. The van der Waals surface area contributed by atoms with Gasteiger partial charge in [0.2, 0.25) is 5.91 Å². The van der Waals surface area contributed by atoms with Gasteiger partial charge < -0.3 is 21.1 Å². The van der Waals surface area contributed by atoms with Crippen LogP contribution in [0.1, 0.15) is 162 Å². The number of hydrogen-bond acceptors (Lipinski definition) is 6. The van der Waals surface area contributed by atoms with Crippen LogP contribution >= 0.6 is 7.82 Å². The smallest absolute Gasteiger partial charge is 0.387 e. The number of aliphatic hydroxyl groups is 1. The zero-order valence-corrected chi connectivity index (χ0v) is 30.4. The summed E-state index contributed by atoms with van der Waals surface area (Å²) in [5, 5.41) is 13.6. The number of phosphoric acid groups is 1. The number of amides is 1. The van der Waals surface area contributed by atoms with E-state index in [-0.39, 0.29) is 25.7 Å². The summed E-state index contributed by atoms with van der Waals surface area (Å²) in [5.74, 6) is -0.211. The lowest BCUT2D eigenvalue weighted by atomic mass is 10.0. The molecule has 3 atom stereocenters. The predicted molar refractivity (Wildman–Crippen MR) is 194 cm³/mol. The first kappa shape index (κ1) is 44.7. The van der Waals surface area contributed by atoms with Gasteiger partial charge in [0, 0.05) is 13.0 Å². The maximum absolute atomic E-state index is 12.7. The highest BCUT2D eigenvalue weighted by Gasteiger charge is 2.26. The van der Waals surface area contributed by atoms with Gasteiger partial charge in [0.1, 0.15) is 0 Å². The number of nitrogens with one attached hydrogen (secondary N) is 1. The molecule has 0 aromatic rings. The summed E-state index contributed by atoms with van der Waals surface area (Å²) in [6, 6.07) is -0.865. The molecule has 0 rings (SSSR count). The Morgan fingerprint density at radius 3 is 1.80 bits per heavy atom. The molecule has 3 unspecified atom stereocenters. The predicted octanol–water partition coefficient (Wildman–Crippen LogP) is 9.61. The Morgan fingerprint density at radius 2 is 1.24 bits per heavy atom. The van der Waals surface area contributed by atoms with E-state index in [2.05, 4.69) is 43.5 Å². The molecule has 0 aromatic heterocycles. The molecule has 46 heavy (non-hydrogen) atoms. The second-order valence-electron chi connectivity index (χ2n) is 12.4. The minimum atomic E-state index is -4.33. The van der Waals surface area contributed by atoms with Crippen LogP contribution < -0.4 is 11.1 Å². The summed E-state index contributed by atoms with van der Waals surface area (Å²) in [6.45, 7) is 4.03. The first-order valence-electron chi connectivity index (χ1n) is 18.6. The fourth-order valence-electron chi connectivity index (χ4n) is 5.11. The quantitative estimate of drug-likeness (QED) is 0.0305. The van der Waals surface area contributed by atoms with Gasteiger partial charge in [-0.15, -0.1) is 0 Å². The van der Waals surface area contributed by atoms with Crippen LogP contribution in [-0.2, 0) is 18.4 Å². The van der Waals surface area contributed by atoms with Crippen LogP contribution in [0.25, 0.3) is 0 Å². The van der Waals surface area contributed by atoms with E-state index in [1.54, 1.807) is 6.08 Å². The zero-order valence-electron chi connectivity index (χ0n) is 29.6. The molecule has 0 aliphatic rings. The Morgan fingerprint density at radius 1 is 0.717 bits per heavy atom. The average Bonchev–Trinajstić information content (AvgIpc) is 3.04. The number of nitrogens with two attached hydrogens (primary N) is 1. The van der Waals surface area contributed by atoms with Crippen molar-refractivity contribution in [1.29, 1.82) is 0 Å². The van der Waals surface area contributed by atoms with Gasteiger partial charge in [0.15, 0.2) is 0 Å². The van der Waals surface area contributed by atoms with Crippen LogP contribution in [0.4, 0.5) is 0 Å². The molecule has 0 heterocycles. The fourth-order valence-corrected chi connectivity index (χ4v) is 5.87. The number of allylic oxidation sites excluding steroid dienone is 5. The first-order chi connectivity index (χ1) is 22.4. The highest BCUT2D eigenvalue weighted by atomic mass is 31.2. The number of carbonyl (C=O) groups excluding carboxylic acids is 1. The topological polar surface area (TPSA) is 131 Å². The van der Waals surface area contributed by atoms with Crippen LogP contribution in [0.2, 0.25) is 0 Å². The lowest BCUT2D eigenvalue weighted by Gasteiger charge is -2.23. The van der Waals surface area contributed by atoms with E-state index in [0.717, 1.165) is 70.6 Å². The molecule has 270 valence electrons. The molecule has 8 nitrogen and oxygen atoms in total. The third-order valence-electron chi connectivity index (χ3n) is 7.94. The van der Waals surface area contributed by atoms with E-state index in [4.69, 9.17) is 14.8 Å². The molecule has 9 heteroatoms. The van der Waals surface area contributed by atoms with Gasteiger partial charge in [-0.3, -0.25) is 13.8 Å². The standard InChI is InChI=1S/C37H71N2O6P/c1-3-5-7-9-11-13-15-17-19-20-22-24-26-28-30-36(40)35(34-45-46(42,43)44-33-32-38)39-37(41)31-29-27-25-23-21-18-16-14-12-10-8-6-4-2/h8,10,14,16,28,30,35-36,40H,3-7,9,11-13,15,17-27,29,31-34,38H2,1-2H3,(H,39,41)(H,42,43)/b10-8-,16-14-,30-28+. The average molecular weight is 671 g/mol. The largest absolute Gasteiger partial charge is 0.472 e. The van der Waals surface area contributed by atoms with Crippen LogP contribution in [-0.4, -0.2) is 47.8 Å². The number of rotatable bonds is 34. The highest BCUT2D eigenvalue weighted by molar-refractivity contribution is 7.47. The van der Waals surface area contributed by atoms with Crippen molar-refractivity contribution in [1.82, 2.24) is 5.32 Å². The number of unbranched alkanes of at least 4 members (excludes halogenated alkanes) is 18. The molecular weight excluding hydrogens is 599 g/mol. The van der Waals surface area contributed by atoms with Gasteiger partial charge in [0.25, 0.3) is 0 Å². The molecule has 5 N–H and O–H groups in total. The number of carbonyl (C=O) groups is 1. The number of phosphoric ester groups is 1. The summed E-state index contributed by atoms with van der Waals surface area (Å²) in [7, 11) is -4.33. The molecule has 1 amide bonds. The number of hydrogen-bond donors (Lipinski definition) is 4. The highest BCUT2D eigenvalue weighted by Crippen LogP contribution is 2.43. The molecule has 0 radical (unpaired) electrons. The Bertz CT molecular complexity index is 820. The molecule has 0 bridgehead atoms. The van der Waals surface area contributed by atoms with Gasteiger partial charge in [-0.05, 0) is 44.9 Å². The van der Waals surface area contributed by atoms with Crippen LogP contribution in [0, 0.1) is 0 Å². The van der Waals surface area contributed by atoms with Crippen LogP contribution in [0.3, 0.4) is 0 Å². The molecule has 0 aliphatic heterocycles. The first-order valence-corrected chi connectivity index (χ1v) is 20.1. The van der Waals surface area contributed by atoms with Gasteiger partial charge in [0.05, 0.1) is 25.4 Å². The maximum atomic E-state index is 12.7. The molecule has 0 aliphatic carbocycles. The lowest BCUT2D eigenvalue weighted by molar-refractivity contribution is -0.123. The molecule has 0 saturated carbocycles. The molecule has 0 spiro atoms. The minimum absolute atomic E-state index is 0.0754. The van der Waals surface area contributed by atoms with Gasteiger partial charge in [-0.2, -0.15) is 0 Å². The van der Waals surface area contributed by atoms with Crippen molar-refractivity contribution in [3.05, 3.63) is 36.5 Å². The van der Waals surface area contributed by atoms with Gasteiger partial charge >= 0.3 is 7.82 Å². The van der Waals surface area contributed by atoms with Crippen molar-refractivity contribution >= 4 is 13.7 Å². The number of aliphatic hydroxyl groups excluding tert-OH is 1. The fraction of sp³-hybridized carbons (Fsp3) is 0.811. The van der Waals surface area contributed by atoms with Crippen molar-refractivity contribution in [3.63, 3.8) is 0 Å². The van der Waals surface area contributed by atoms with Crippen molar-refractivity contribution < 1.29 is 28.4 Å². The van der Waals surface area contributed by atoms with E-state index < -0.39 is 20.0 Å². The second kappa shape index (κ2) is 33.6. The third-order valence-corrected chi connectivity index (χ3v) is 8.93. The van der Waals surface area contributed by atoms with Gasteiger partial charge in [-0.1, -0.05) is 147 Å². The van der Waals surface area contributed by atoms with E-state index in [1.807, 2.05) is 6.08 Å². The Hall–Kier alpha value is -1.28. The van der Waals surface area contributed by atoms with Crippen molar-refractivity contribution in [2.24, 2.45) is 5.73 Å². The Balaban J connectivity index is 4.37. The Kier molecular flexibility index (Phi) is 32.7. The van der Waals surface area contributed by atoms with Crippen LogP contribution in [0.5, 0.6) is 0 Å². The summed E-state index contributed by atoms with van der Waals surface area (Å²) < 4.78 is 22.0. The van der Waals surface area contributed by atoms with Crippen LogP contribution in [0.15, 0.2) is 36.5 Å². The zero-order chi connectivity index (χ0) is 34.0. The maximum Gasteiger partial charge on any atom is 0.472 e. The van der Waals surface area contributed by atoms with Crippen molar-refractivity contribution in [3.8, 4) is 0 Å². The second-order valence-corrected chi connectivity index (χ2v) is 13.9. The van der Waals surface area contributed by atoms with Crippen molar-refractivity contribution in [2.45, 2.75) is 174 Å². The molecule has 0 fully saturated rings. The lowest BCUT2D eigenvalue weighted by Crippen LogP contribution is -2.45. The minimum Gasteiger partial charge on any atom is -0.387 e. The van der Waals surface area contributed by atoms with E-state index in [0.29, 0.717) is 6.42 Å². The normalized spacial score (nSPS) is 14.8. The van der Waals surface area contributed by atoms with E-state index in [9.17, 15) is 19.4 Å². The Labute approximate surface area is 282 Å². The summed E-state index contributed by atoms with van der Waals surface area (Å²) in [5.41, 5.74) is 5.35. The van der Waals surface area contributed by atoms with E-state index in [1.165, 1.54) is 70.6 Å². The summed E-state index contributed by atoms with van der Waals surface area (Å²) in [6.07, 6.45) is 37.5. The van der Waals surface area contributed by atoms with E-state index >= 15 is 0 Å². The molecule has 0 saturated heterocycles. The third kappa shape index (κ3) is 31.3. The summed E-state index contributed by atoms with van der Waals surface area (Å²) >= 11 is 0. The molecular formula is C37H71N2O6P. The monoisotopic (exact) mass is 671 g/mol. The van der Waals surface area contributed by atoms with Crippen molar-refractivity contribution in [2.75, 3.05) is 19.8 Å². The van der Waals surface area contributed by atoms with Gasteiger partial charge in [-0.25, -0.2) is 4.57 Å².